The highest BCUT2D eigenvalue weighted by Gasteiger charge is 2.23. The van der Waals surface area contributed by atoms with E-state index in [2.05, 4.69) is 27.3 Å². The number of hydrogen-bond donors (Lipinski definition) is 0. The summed E-state index contributed by atoms with van der Waals surface area (Å²) in [5, 5.41) is 3.78. The summed E-state index contributed by atoms with van der Waals surface area (Å²) < 4.78 is 0.984. The first-order chi connectivity index (χ1) is 6.36. The summed E-state index contributed by atoms with van der Waals surface area (Å²) in [6, 6.07) is 7.79. The molecule has 2 nitrogen and oxygen atoms in total. The van der Waals surface area contributed by atoms with Crippen LogP contribution >= 0.6 is 15.9 Å². The van der Waals surface area contributed by atoms with Crippen molar-refractivity contribution in [3.05, 3.63) is 34.3 Å². The molecule has 67 valence electrons. The number of nitrogens with zero attached hydrogens (tertiary/aromatic N) is 1. The first kappa shape index (κ1) is 8.75. The fourth-order valence-electron chi connectivity index (χ4n) is 0.875. The van der Waals surface area contributed by atoms with Gasteiger partial charge in [0.15, 0.2) is 0 Å². The van der Waals surface area contributed by atoms with Gasteiger partial charge in [-0.1, -0.05) is 39.3 Å². The minimum Gasteiger partial charge on any atom is -0.392 e. The third-order valence-corrected chi connectivity index (χ3v) is 2.46. The summed E-state index contributed by atoms with van der Waals surface area (Å²) in [5.74, 6) is 0. The van der Waals surface area contributed by atoms with Crippen LogP contribution in [0.2, 0.25) is 0 Å². The lowest BCUT2D eigenvalue weighted by Crippen LogP contribution is -1.87. The van der Waals surface area contributed by atoms with Gasteiger partial charge in [0.2, 0.25) is 0 Å². The Kier molecular flexibility index (Phi) is 2.64. The quantitative estimate of drug-likeness (QED) is 0.587. The molecule has 0 unspecified atom stereocenters. The summed E-state index contributed by atoms with van der Waals surface area (Å²) in [5.41, 5.74) is 0.920. The van der Waals surface area contributed by atoms with Crippen LogP contribution in [-0.4, -0.2) is 12.3 Å². The van der Waals surface area contributed by atoms with Crippen molar-refractivity contribution in [1.29, 1.82) is 0 Å². The van der Waals surface area contributed by atoms with Crippen LogP contribution in [0.3, 0.4) is 0 Å². The smallest absolute Gasteiger partial charge is 0.140 e. The normalized spacial score (nSPS) is 16.4. The van der Waals surface area contributed by atoms with E-state index < -0.39 is 0 Å². The highest BCUT2D eigenvalue weighted by Crippen LogP contribution is 2.23. The van der Waals surface area contributed by atoms with Gasteiger partial charge in [0.05, 0.1) is 0 Å². The molecule has 1 fully saturated rings. The molecular formula is C10H9BrNO. The Morgan fingerprint density at radius 3 is 2.85 bits per heavy atom. The molecule has 1 radical (unpaired) electrons. The van der Waals surface area contributed by atoms with Gasteiger partial charge in [0, 0.05) is 10.0 Å². The number of halogens is 1. The van der Waals surface area contributed by atoms with Gasteiger partial charge in [0.1, 0.15) is 12.3 Å². The van der Waals surface area contributed by atoms with Crippen LogP contribution in [0, 0.1) is 0 Å². The van der Waals surface area contributed by atoms with E-state index >= 15 is 0 Å². The number of hydrogen-bond acceptors (Lipinski definition) is 2. The molecule has 1 saturated carbocycles. The van der Waals surface area contributed by atoms with Crippen molar-refractivity contribution in [3.63, 3.8) is 0 Å². The van der Waals surface area contributed by atoms with Gasteiger partial charge in [-0.25, -0.2) is 0 Å². The summed E-state index contributed by atoms with van der Waals surface area (Å²) in [7, 11) is 0. The van der Waals surface area contributed by atoms with Gasteiger partial charge < -0.3 is 4.84 Å². The summed E-state index contributed by atoms with van der Waals surface area (Å²) in [4.78, 5) is 5.10. The van der Waals surface area contributed by atoms with E-state index in [9.17, 15) is 0 Å². The third-order valence-electron chi connectivity index (χ3n) is 1.77. The Bertz CT molecular complexity index is 320. The average Bonchev–Trinajstić information content (AvgIpc) is 2.92. The summed E-state index contributed by atoms with van der Waals surface area (Å²) in [6.07, 6.45) is 5.44. The van der Waals surface area contributed by atoms with Crippen LogP contribution in [0.5, 0.6) is 0 Å². The molecule has 0 spiro atoms. The molecule has 0 saturated heterocycles. The van der Waals surface area contributed by atoms with E-state index in [1.54, 1.807) is 0 Å². The van der Waals surface area contributed by atoms with Crippen molar-refractivity contribution >= 4 is 22.1 Å². The predicted molar refractivity (Wildman–Crippen MR) is 54.8 cm³/mol. The third kappa shape index (κ3) is 2.56. The maximum atomic E-state index is 5.10. The maximum absolute atomic E-state index is 5.10. The Balaban J connectivity index is 1.99. The van der Waals surface area contributed by atoms with Crippen molar-refractivity contribution in [1.82, 2.24) is 0 Å². The Morgan fingerprint density at radius 2 is 2.15 bits per heavy atom. The highest BCUT2D eigenvalue weighted by atomic mass is 79.9. The average molecular weight is 239 g/mol. The lowest BCUT2D eigenvalue weighted by Gasteiger charge is -1.95. The fourth-order valence-corrected chi connectivity index (χ4v) is 1.25. The van der Waals surface area contributed by atoms with E-state index in [0.717, 1.165) is 22.9 Å². The molecule has 0 aromatic heterocycles. The largest absolute Gasteiger partial charge is 0.392 e. The Labute approximate surface area is 85.7 Å². The highest BCUT2D eigenvalue weighted by molar-refractivity contribution is 9.10. The zero-order valence-electron chi connectivity index (χ0n) is 7.03. The van der Waals surface area contributed by atoms with Gasteiger partial charge in [-0.3, -0.25) is 0 Å². The second-order valence-corrected chi connectivity index (χ2v) is 3.84. The van der Waals surface area contributed by atoms with Crippen LogP contribution in [-0.2, 0) is 4.84 Å². The van der Waals surface area contributed by atoms with E-state index in [4.69, 9.17) is 4.84 Å². The molecule has 0 aliphatic heterocycles. The van der Waals surface area contributed by atoms with E-state index in [1.165, 1.54) is 0 Å². The van der Waals surface area contributed by atoms with E-state index in [-0.39, 0.29) is 0 Å². The molecule has 0 atom stereocenters. The molecule has 3 heteroatoms. The van der Waals surface area contributed by atoms with Crippen molar-refractivity contribution < 1.29 is 4.84 Å². The van der Waals surface area contributed by atoms with Crippen molar-refractivity contribution in [2.45, 2.75) is 18.9 Å². The van der Waals surface area contributed by atoms with Gasteiger partial charge in [0.25, 0.3) is 0 Å². The zero-order chi connectivity index (χ0) is 9.10. The van der Waals surface area contributed by atoms with Crippen LogP contribution in [0.4, 0.5) is 0 Å². The van der Waals surface area contributed by atoms with Crippen LogP contribution < -0.4 is 0 Å². The van der Waals surface area contributed by atoms with Gasteiger partial charge in [-0.15, -0.1) is 0 Å². The monoisotopic (exact) mass is 238 g/mol. The zero-order valence-corrected chi connectivity index (χ0v) is 8.62. The van der Waals surface area contributed by atoms with Crippen molar-refractivity contribution in [2.75, 3.05) is 0 Å². The fraction of sp³-hybridized carbons (Fsp3) is 0.300. The standard InChI is InChI=1S/C10H9BrNO/c11-10-4-2-1-3-8(10)7-12-13-9-5-6-9/h1-4,9H,5-6H2. The second-order valence-electron chi connectivity index (χ2n) is 2.99. The molecule has 1 aliphatic rings. The van der Waals surface area contributed by atoms with Crippen LogP contribution in [0.25, 0.3) is 0 Å². The van der Waals surface area contributed by atoms with Crippen molar-refractivity contribution in [3.8, 4) is 0 Å². The number of benzene rings is 1. The SMILES string of the molecule is Brc1ccccc1/[C]=N/OC1CC1. The predicted octanol–water partition coefficient (Wildman–Crippen LogP) is 2.84. The van der Waals surface area contributed by atoms with Crippen LogP contribution in [0.15, 0.2) is 33.9 Å². The summed E-state index contributed by atoms with van der Waals surface area (Å²) in [6.45, 7) is 0. The first-order valence-corrected chi connectivity index (χ1v) is 5.02. The van der Waals surface area contributed by atoms with Gasteiger partial charge >= 0.3 is 0 Å². The Hall–Kier alpha value is -0.830. The molecule has 13 heavy (non-hydrogen) atoms. The van der Waals surface area contributed by atoms with E-state index in [1.807, 2.05) is 24.3 Å². The molecule has 1 aliphatic carbocycles. The number of rotatable bonds is 3. The van der Waals surface area contributed by atoms with E-state index in [0.29, 0.717) is 6.10 Å². The molecule has 2 rings (SSSR count). The van der Waals surface area contributed by atoms with Gasteiger partial charge in [-0.2, -0.15) is 0 Å². The molecule has 0 amide bonds. The molecule has 1 aromatic carbocycles. The molecule has 1 aromatic rings. The first-order valence-electron chi connectivity index (χ1n) is 4.22. The molecule has 0 heterocycles. The van der Waals surface area contributed by atoms with Crippen LogP contribution in [0.1, 0.15) is 18.4 Å². The topological polar surface area (TPSA) is 21.6 Å². The maximum Gasteiger partial charge on any atom is 0.140 e. The minimum atomic E-state index is 0.343. The van der Waals surface area contributed by atoms with Crippen molar-refractivity contribution in [2.24, 2.45) is 5.16 Å². The minimum absolute atomic E-state index is 0.343. The molecular weight excluding hydrogens is 230 g/mol. The molecule has 0 bridgehead atoms. The van der Waals surface area contributed by atoms with Gasteiger partial charge in [-0.05, 0) is 18.9 Å². The lowest BCUT2D eigenvalue weighted by atomic mass is 10.2. The lowest BCUT2D eigenvalue weighted by molar-refractivity contribution is 0.131. The second kappa shape index (κ2) is 3.92. The summed E-state index contributed by atoms with van der Waals surface area (Å²) >= 11 is 3.40. The molecule has 0 N–H and O–H groups in total. The Morgan fingerprint density at radius 1 is 1.38 bits per heavy atom.